The summed E-state index contributed by atoms with van der Waals surface area (Å²) in [4.78, 5) is 11.4. The first-order chi connectivity index (χ1) is 13.3. The summed E-state index contributed by atoms with van der Waals surface area (Å²) in [5, 5.41) is 9.32. The number of aromatic carboxylic acids is 1. The van der Waals surface area contributed by atoms with Crippen molar-refractivity contribution in [1.29, 1.82) is 0 Å². The standard InChI is InChI=1S/C24H30O4/c1-15(11-13-19-9-7-8-10-21(19)24(25)26)12-14-20-18(4)22(27-5)16(2)17(3)23(20)28-6/h7-11H,12-14H2,1-6H3,(H,25,26)/b15-11+. The summed E-state index contributed by atoms with van der Waals surface area (Å²) in [7, 11) is 3.42. The molecule has 4 nitrogen and oxygen atoms in total. The normalized spacial score (nSPS) is 11.4. The molecule has 0 atom stereocenters. The smallest absolute Gasteiger partial charge is 0.335 e. The summed E-state index contributed by atoms with van der Waals surface area (Å²) >= 11 is 0. The minimum Gasteiger partial charge on any atom is -0.496 e. The van der Waals surface area contributed by atoms with Crippen LogP contribution in [0.15, 0.2) is 35.9 Å². The summed E-state index contributed by atoms with van der Waals surface area (Å²) in [5.41, 5.74) is 6.92. The van der Waals surface area contributed by atoms with Crippen LogP contribution in [0.3, 0.4) is 0 Å². The molecular formula is C24H30O4. The summed E-state index contributed by atoms with van der Waals surface area (Å²) < 4.78 is 11.3. The highest BCUT2D eigenvalue weighted by Crippen LogP contribution is 2.38. The Kier molecular flexibility index (Phi) is 7.27. The summed E-state index contributed by atoms with van der Waals surface area (Å²) in [6.07, 6.45) is 4.44. The number of allylic oxidation sites excluding steroid dienone is 2. The maximum absolute atomic E-state index is 11.4. The van der Waals surface area contributed by atoms with E-state index in [2.05, 4.69) is 33.8 Å². The molecule has 28 heavy (non-hydrogen) atoms. The van der Waals surface area contributed by atoms with Crippen molar-refractivity contribution in [2.45, 2.75) is 47.0 Å². The number of carbonyl (C=O) groups is 1. The van der Waals surface area contributed by atoms with Gasteiger partial charge in [0.25, 0.3) is 0 Å². The van der Waals surface area contributed by atoms with Crippen molar-refractivity contribution in [1.82, 2.24) is 0 Å². The summed E-state index contributed by atoms with van der Waals surface area (Å²) in [6.45, 7) is 8.28. The molecule has 0 amide bonds. The molecule has 0 bridgehead atoms. The van der Waals surface area contributed by atoms with E-state index < -0.39 is 5.97 Å². The predicted octanol–water partition coefficient (Wildman–Crippen LogP) is 5.45. The highest BCUT2D eigenvalue weighted by Gasteiger charge is 2.18. The fraction of sp³-hybridized carbons (Fsp3) is 0.375. The van der Waals surface area contributed by atoms with Crippen LogP contribution in [0.25, 0.3) is 0 Å². The van der Waals surface area contributed by atoms with Crippen molar-refractivity contribution in [3.63, 3.8) is 0 Å². The Morgan fingerprint density at radius 3 is 2.21 bits per heavy atom. The molecular weight excluding hydrogens is 352 g/mol. The molecule has 2 aromatic carbocycles. The molecule has 2 aromatic rings. The maximum atomic E-state index is 11.4. The van der Waals surface area contributed by atoms with E-state index in [0.29, 0.717) is 12.0 Å². The van der Waals surface area contributed by atoms with Crippen LogP contribution in [0.5, 0.6) is 11.5 Å². The number of methoxy groups -OCH3 is 2. The molecule has 0 aliphatic carbocycles. The monoisotopic (exact) mass is 382 g/mol. The second-order valence-corrected chi connectivity index (χ2v) is 7.14. The minimum absolute atomic E-state index is 0.364. The zero-order valence-electron chi connectivity index (χ0n) is 17.7. The molecule has 0 heterocycles. The Morgan fingerprint density at radius 1 is 1.00 bits per heavy atom. The highest BCUT2D eigenvalue weighted by molar-refractivity contribution is 5.89. The van der Waals surface area contributed by atoms with Crippen LogP contribution in [0.1, 0.15) is 51.5 Å². The van der Waals surface area contributed by atoms with Gasteiger partial charge >= 0.3 is 5.97 Å². The van der Waals surface area contributed by atoms with Gasteiger partial charge in [0.2, 0.25) is 0 Å². The average Bonchev–Trinajstić information content (AvgIpc) is 2.68. The topological polar surface area (TPSA) is 55.8 Å². The van der Waals surface area contributed by atoms with Crippen molar-refractivity contribution in [2.24, 2.45) is 0 Å². The first kappa shape index (κ1) is 21.5. The minimum atomic E-state index is -0.885. The van der Waals surface area contributed by atoms with Crippen LogP contribution in [0.4, 0.5) is 0 Å². The second-order valence-electron chi connectivity index (χ2n) is 7.14. The van der Waals surface area contributed by atoms with E-state index in [9.17, 15) is 9.90 Å². The number of ether oxygens (including phenoxy) is 2. The van der Waals surface area contributed by atoms with Gasteiger partial charge in [-0.05, 0) is 75.3 Å². The summed E-state index contributed by atoms with van der Waals surface area (Å²) in [6, 6.07) is 7.15. The van der Waals surface area contributed by atoms with Gasteiger partial charge in [-0.25, -0.2) is 4.79 Å². The lowest BCUT2D eigenvalue weighted by molar-refractivity contribution is 0.0696. The second kappa shape index (κ2) is 9.45. The van der Waals surface area contributed by atoms with Crippen molar-refractivity contribution in [3.8, 4) is 11.5 Å². The van der Waals surface area contributed by atoms with Crippen LogP contribution in [-0.4, -0.2) is 25.3 Å². The van der Waals surface area contributed by atoms with Crippen molar-refractivity contribution in [2.75, 3.05) is 14.2 Å². The predicted molar refractivity (Wildman–Crippen MR) is 113 cm³/mol. The van der Waals surface area contributed by atoms with E-state index in [1.165, 1.54) is 11.1 Å². The van der Waals surface area contributed by atoms with Crippen molar-refractivity contribution < 1.29 is 19.4 Å². The molecule has 0 saturated heterocycles. The Bertz CT molecular complexity index is 894. The zero-order valence-corrected chi connectivity index (χ0v) is 17.7. The molecule has 0 spiro atoms. The third kappa shape index (κ3) is 4.56. The molecule has 1 N–H and O–H groups in total. The van der Waals surface area contributed by atoms with E-state index >= 15 is 0 Å². The molecule has 2 rings (SSSR count). The van der Waals surface area contributed by atoms with Gasteiger partial charge in [-0.2, -0.15) is 0 Å². The lowest BCUT2D eigenvalue weighted by atomic mass is 9.93. The molecule has 0 fully saturated rings. The van der Waals surface area contributed by atoms with Gasteiger partial charge in [-0.3, -0.25) is 0 Å². The van der Waals surface area contributed by atoms with Crippen molar-refractivity contribution >= 4 is 5.97 Å². The van der Waals surface area contributed by atoms with E-state index in [0.717, 1.165) is 46.6 Å². The van der Waals surface area contributed by atoms with Gasteiger partial charge < -0.3 is 14.6 Å². The lowest BCUT2D eigenvalue weighted by Crippen LogP contribution is -2.04. The van der Waals surface area contributed by atoms with E-state index in [1.807, 2.05) is 12.1 Å². The number of hydrogen-bond donors (Lipinski definition) is 1. The van der Waals surface area contributed by atoms with Gasteiger partial charge in [0.1, 0.15) is 11.5 Å². The number of carboxylic acids is 1. The van der Waals surface area contributed by atoms with Crippen LogP contribution in [-0.2, 0) is 12.8 Å². The highest BCUT2D eigenvalue weighted by atomic mass is 16.5. The molecule has 4 heteroatoms. The van der Waals surface area contributed by atoms with Crippen LogP contribution in [0, 0.1) is 20.8 Å². The van der Waals surface area contributed by atoms with Gasteiger partial charge in [0.15, 0.2) is 0 Å². The molecule has 0 aliphatic heterocycles. The number of benzene rings is 2. The first-order valence-corrected chi connectivity index (χ1v) is 9.49. The molecule has 0 saturated carbocycles. The SMILES string of the molecule is COc1c(C)c(C)c(OC)c(CC/C(C)=C/Cc2ccccc2C(=O)O)c1C. The Labute approximate surface area is 167 Å². The summed E-state index contributed by atoms with van der Waals surface area (Å²) in [5.74, 6) is 0.967. The third-order valence-electron chi connectivity index (χ3n) is 5.41. The van der Waals surface area contributed by atoms with Gasteiger partial charge in [0.05, 0.1) is 19.8 Å². The Morgan fingerprint density at radius 2 is 1.61 bits per heavy atom. The maximum Gasteiger partial charge on any atom is 0.335 e. The fourth-order valence-corrected chi connectivity index (χ4v) is 3.65. The van der Waals surface area contributed by atoms with Crippen LogP contribution in [0.2, 0.25) is 0 Å². The Hall–Kier alpha value is -2.75. The molecule has 0 aromatic heterocycles. The van der Waals surface area contributed by atoms with Crippen LogP contribution >= 0.6 is 0 Å². The average molecular weight is 383 g/mol. The molecule has 0 aliphatic rings. The van der Waals surface area contributed by atoms with Gasteiger partial charge in [-0.15, -0.1) is 0 Å². The first-order valence-electron chi connectivity index (χ1n) is 9.49. The van der Waals surface area contributed by atoms with E-state index in [4.69, 9.17) is 9.47 Å². The molecule has 150 valence electrons. The van der Waals surface area contributed by atoms with Gasteiger partial charge in [0, 0.05) is 5.56 Å². The van der Waals surface area contributed by atoms with Crippen LogP contribution < -0.4 is 9.47 Å². The number of carboxylic acid groups (broad SMARTS) is 1. The fourth-order valence-electron chi connectivity index (χ4n) is 3.65. The van der Waals surface area contributed by atoms with Crippen molar-refractivity contribution in [3.05, 3.63) is 69.3 Å². The largest absolute Gasteiger partial charge is 0.496 e. The molecule has 0 radical (unpaired) electrons. The number of rotatable bonds is 8. The molecule has 0 unspecified atom stereocenters. The van der Waals surface area contributed by atoms with E-state index in [1.54, 1.807) is 26.4 Å². The quantitative estimate of drug-likeness (QED) is 0.617. The third-order valence-corrected chi connectivity index (χ3v) is 5.41. The Balaban J connectivity index is 2.21. The lowest BCUT2D eigenvalue weighted by Gasteiger charge is -2.20. The zero-order chi connectivity index (χ0) is 20.8. The van der Waals surface area contributed by atoms with Gasteiger partial charge in [-0.1, -0.05) is 29.8 Å². The number of hydrogen-bond acceptors (Lipinski definition) is 3. The van der Waals surface area contributed by atoms with E-state index in [-0.39, 0.29) is 0 Å².